The highest BCUT2D eigenvalue weighted by atomic mass is 19.1. The molecule has 4 aromatic rings. The van der Waals surface area contributed by atoms with Gasteiger partial charge in [0.05, 0.1) is 23.4 Å². The molecule has 2 aliphatic rings. The summed E-state index contributed by atoms with van der Waals surface area (Å²) in [5, 5.41) is 17.5. The highest BCUT2D eigenvalue weighted by Crippen LogP contribution is 2.45. The number of carbonyl (C=O) groups is 3. The third kappa shape index (κ3) is 5.46. The summed E-state index contributed by atoms with van der Waals surface area (Å²) in [4.78, 5) is 47.4. The Labute approximate surface area is 257 Å². The molecule has 0 unspecified atom stereocenters. The van der Waals surface area contributed by atoms with Gasteiger partial charge in [0, 0.05) is 28.3 Å². The van der Waals surface area contributed by atoms with Crippen molar-refractivity contribution in [2.45, 2.75) is 50.3 Å². The lowest BCUT2D eigenvalue weighted by atomic mass is 9.82. The summed E-state index contributed by atoms with van der Waals surface area (Å²) in [5.41, 5.74) is 3.65. The van der Waals surface area contributed by atoms with E-state index >= 15 is 0 Å². The third-order valence-electron chi connectivity index (χ3n) is 8.41. The van der Waals surface area contributed by atoms with Crippen LogP contribution in [-0.2, 0) is 20.6 Å². The Kier molecular flexibility index (Phi) is 7.07. The van der Waals surface area contributed by atoms with Crippen molar-refractivity contribution in [2.75, 3.05) is 18.5 Å². The minimum atomic E-state index is -1.93. The number of ether oxygens (including phenoxy) is 1. The summed E-state index contributed by atoms with van der Waals surface area (Å²) >= 11 is 0. The number of hydrogen-bond acceptors (Lipinski definition) is 7. The number of fused-ring (bicyclic) bond motifs is 2. The van der Waals surface area contributed by atoms with Gasteiger partial charge in [0.1, 0.15) is 34.9 Å². The van der Waals surface area contributed by atoms with E-state index in [4.69, 9.17) is 10.5 Å². The van der Waals surface area contributed by atoms with Gasteiger partial charge in [-0.25, -0.2) is 13.8 Å². The van der Waals surface area contributed by atoms with Gasteiger partial charge in [-0.1, -0.05) is 0 Å². The van der Waals surface area contributed by atoms with E-state index in [0.717, 1.165) is 5.56 Å². The molecule has 0 bridgehead atoms. The van der Waals surface area contributed by atoms with E-state index in [1.54, 1.807) is 25.3 Å². The average Bonchev–Trinajstić information content (AvgIpc) is 3.67. The van der Waals surface area contributed by atoms with Crippen molar-refractivity contribution in [3.63, 3.8) is 0 Å². The Morgan fingerprint density at radius 3 is 2.51 bits per heavy atom. The summed E-state index contributed by atoms with van der Waals surface area (Å²) < 4.78 is 34.0. The first-order valence-corrected chi connectivity index (χ1v) is 14.4. The zero-order valence-electron chi connectivity index (χ0n) is 24.8. The summed E-state index contributed by atoms with van der Waals surface area (Å²) in [6.07, 6.45) is 1.86. The van der Waals surface area contributed by atoms with Crippen molar-refractivity contribution < 1.29 is 33.0 Å². The van der Waals surface area contributed by atoms with Gasteiger partial charge in [-0.05, 0) is 87.7 Å². The third-order valence-corrected chi connectivity index (χ3v) is 8.41. The Morgan fingerprint density at radius 1 is 1.13 bits per heavy atom. The number of amides is 3. The molecule has 0 radical (unpaired) electrons. The van der Waals surface area contributed by atoms with Crippen LogP contribution >= 0.6 is 0 Å². The van der Waals surface area contributed by atoms with Crippen molar-refractivity contribution in [3.05, 3.63) is 82.9 Å². The minimum absolute atomic E-state index is 0.0471. The van der Waals surface area contributed by atoms with Gasteiger partial charge in [-0.2, -0.15) is 0 Å². The quantitative estimate of drug-likeness (QED) is 0.234. The van der Waals surface area contributed by atoms with Crippen LogP contribution in [0, 0.1) is 12.7 Å². The van der Waals surface area contributed by atoms with Gasteiger partial charge in [-0.3, -0.25) is 19.4 Å². The van der Waals surface area contributed by atoms with Crippen LogP contribution in [0.2, 0.25) is 0 Å². The number of carbonyl (C=O) groups excluding carboxylic acids is 3. The number of halogens is 2. The van der Waals surface area contributed by atoms with Crippen molar-refractivity contribution >= 4 is 34.3 Å². The molecule has 1 aliphatic heterocycles. The number of primary amides is 1. The van der Waals surface area contributed by atoms with Crippen molar-refractivity contribution in [1.29, 1.82) is 0 Å². The number of aliphatic hydroxyl groups is 1. The largest absolute Gasteiger partial charge is 0.489 e. The molecule has 1 saturated carbocycles. The normalized spacial score (nSPS) is 19.2. The number of nitrogens with one attached hydrogen (secondary N) is 2. The van der Waals surface area contributed by atoms with E-state index in [1.165, 1.54) is 43.3 Å². The molecule has 0 spiro atoms. The van der Waals surface area contributed by atoms with Gasteiger partial charge in [0.15, 0.2) is 5.67 Å². The molecular formula is C33H31F2N5O5. The van der Waals surface area contributed by atoms with Crippen molar-refractivity contribution in [2.24, 2.45) is 5.73 Å². The molecule has 45 heavy (non-hydrogen) atoms. The van der Waals surface area contributed by atoms with Crippen molar-refractivity contribution in [3.8, 4) is 17.0 Å². The van der Waals surface area contributed by atoms with E-state index in [-0.39, 0.29) is 48.6 Å². The second-order valence-electron chi connectivity index (χ2n) is 12.2. The van der Waals surface area contributed by atoms with Crippen LogP contribution in [0.5, 0.6) is 5.75 Å². The van der Waals surface area contributed by atoms with Crippen LogP contribution in [0.25, 0.3) is 22.2 Å². The fraction of sp³-hybridized carbons (Fsp3) is 0.303. The topological polar surface area (TPSA) is 157 Å². The molecule has 5 N–H and O–H groups in total. The van der Waals surface area contributed by atoms with Crippen LogP contribution in [0.4, 0.5) is 14.5 Å². The Balaban J connectivity index is 1.32. The van der Waals surface area contributed by atoms with E-state index < -0.39 is 40.2 Å². The first-order valence-electron chi connectivity index (χ1n) is 14.4. The lowest BCUT2D eigenvalue weighted by molar-refractivity contribution is -0.123. The number of aromatic nitrogens is 2. The number of hydrogen-bond donors (Lipinski definition) is 4. The number of nitrogens with zero attached hydrogens (tertiary/aromatic N) is 2. The lowest BCUT2D eigenvalue weighted by Gasteiger charge is -2.26. The lowest BCUT2D eigenvalue weighted by Crippen LogP contribution is -2.41. The van der Waals surface area contributed by atoms with E-state index in [1.807, 2.05) is 6.92 Å². The number of aryl methyl sites for hydroxylation is 1. The van der Waals surface area contributed by atoms with Crippen LogP contribution in [-0.4, -0.2) is 51.6 Å². The highest BCUT2D eigenvalue weighted by Gasteiger charge is 2.51. The molecule has 2 atom stereocenters. The predicted molar refractivity (Wildman–Crippen MR) is 162 cm³/mol. The Bertz CT molecular complexity index is 1890. The van der Waals surface area contributed by atoms with Gasteiger partial charge in [0.25, 0.3) is 11.8 Å². The number of pyridine rings is 2. The number of nitrogens with two attached hydrogens (primary N) is 1. The molecule has 12 heteroatoms. The van der Waals surface area contributed by atoms with Crippen molar-refractivity contribution in [1.82, 2.24) is 15.3 Å². The second-order valence-corrected chi connectivity index (χ2v) is 12.2. The molecule has 2 aromatic carbocycles. The zero-order chi connectivity index (χ0) is 32.3. The van der Waals surface area contributed by atoms with Gasteiger partial charge in [0.2, 0.25) is 5.91 Å². The van der Waals surface area contributed by atoms with Crippen LogP contribution in [0.1, 0.15) is 53.9 Å². The van der Waals surface area contributed by atoms with E-state index in [2.05, 4.69) is 20.6 Å². The Hall–Kier alpha value is -4.97. The maximum atomic E-state index is 14.4. The zero-order valence-corrected chi connectivity index (χ0v) is 24.8. The molecule has 3 amide bonds. The first kappa shape index (κ1) is 30.1. The van der Waals surface area contributed by atoms with Crippen LogP contribution in [0.3, 0.4) is 0 Å². The molecule has 3 heterocycles. The fourth-order valence-corrected chi connectivity index (χ4v) is 5.27. The molecule has 2 aromatic heterocycles. The average molecular weight is 616 g/mol. The van der Waals surface area contributed by atoms with Gasteiger partial charge < -0.3 is 26.2 Å². The maximum absolute atomic E-state index is 14.4. The Morgan fingerprint density at radius 2 is 1.84 bits per heavy atom. The molecule has 10 nitrogen and oxygen atoms in total. The van der Waals surface area contributed by atoms with E-state index in [9.17, 15) is 28.3 Å². The molecular weight excluding hydrogens is 584 g/mol. The summed E-state index contributed by atoms with van der Waals surface area (Å²) in [6.45, 7) is 4.54. The minimum Gasteiger partial charge on any atom is -0.489 e. The number of rotatable bonds is 8. The molecule has 6 rings (SSSR count). The molecule has 0 saturated heterocycles. The summed E-state index contributed by atoms with van der Waals surface area (Å²) in [5.74, 6) is -2.18. The van der Waals surface area contributed by atoms with Crippen LogP contribution < -0.4 is 21.1 Å². The highest BCUT2D eigenvalue weighted by molar-refractivity contribution is 6.08. The summed E-state index contributed by atoms with van der Waals surface area (Å²) in [7, 11) is 0. The van der Waals surface area contributed by atoms with E-state index in [0.29, 0.717) is 27.8 Å². The van der Waals surface area contributed by atoms with Crippen LogP contribution in [0.15, 0.2) is 54.7 Å². The summed E-state index contributed by atoms with van der Waals surface area (Å²) in [6, 6.07) is 11.8. The number of benzene rings is 2. The number of anilines is 1. The molecule has 232 valence electrons. The molecule has 1 fully saturated rings. The first-order chi connectivity index (χ1) is 21.2. The SMILES string of the molecule is Cc1cnc2c(NC(=O)C3(F)CC3)cc(C(=O)NC[C@](C)(O)c3cc4c(c(-c5ccc(F)cc5)n3)OC[C@]4(C)C(N)=O)cc2c1. The predicted octanol–water partition coefficient (Wildman–Crippen LogP) is 3.96. The second kappa shape index (κ2) is 10.6. The smallest absolute Gasteiger partial charge is 0.262 e. The monoisotopic (exact) mass is 615 g/mol. The van der Waals surface area contributed by atoms with Gasteiger partial charge >= 0.3 is 0 Å². The van der Waals surface area contributed by atoms with Gasteiger partial charge in [-0.15, -0.1) is 0 Å². The standard InChI is InChI=1S/C33H31F2N5O5/c1-17-10-19-11-20(12-23(25(19)37-14-17)39-30(43)33(35)8-9-33)28(41)38-15-32(3,44)24-13-22-27(45-16-31(22,2)29(36)42)26(40-24)18-4-6-21(34)7-5-18/h4-7,10-14,44H,8-9,15-16H2,1-3H3,(H2,36,42)(H,38,41)(H,39,43)/t31-,32-/m0/s1. The maximum Gasteiger partial charge on any atom is 0.262 e. The molecule has 1 aliphatic carbocycles. The number of alkyl halides is 1. The fourth-order valence-electron chi connectivity index (χ4n) is 5.27.